The van der Waals surface area contributed by atoms with Crippen molar-refractivity contribution in [3.8, 4) is 0 Å². The highest BCUT2D eigenvalue weighted by Gasteiger charge is 2.18. The monoisotopic (exact) mass is 764 g/mol. The maximum atomic E-state index is 12.4. The first kappa shape index (κ1) is 52.6. The minimum Gasteiger partial charge on any atom is -0.466 e. The van der Waals surface area contributed by atoms with Crippen LogP contribution in [0.1, 0.15) is 258 Å². The van der Waals surface area contributed by atoms with Crippen molar-refractivity contribution in [1.82, 2.24) is 5.32 Å². The van der Waals surface area contributed by atoms with Gasteiger partial charge in [-0.15, -0.1) is 0 Å². The Labute approximate surface area is 336 Å². The van der Waals surface area contributed by atoms with Gasteiger partial charge in [0.1, 0.15) is 0 Å². The summed E-state index contributed by atoms with van der Waals surface area (Å²) in [6.45, 7) is 4.83. The summed E-state index contributed by atoms with van der Waals surface area (Å²) in [6, 6.07) is -0.645. The lowest BCUT2D eigenvalue weighted by molar-refractivity contribution is -0.143. The number of esters is 1. The second-order valence-electron chi connectivity index (χ2n) is 16.5. The minimum atomic E-state index is -0.858. The van der Waals surface area contributed by atoms with Gasteiger partial charge in [0.2, 0.25) is 5.91 Å². The molecule has 0 aromatic rings. The summed E-state index contributed by atoms with van der Waals surface area (Å²) in [5.41, 5.74) is 0. The average molecular weight is 764 g/mol. The first-order valence-corrected chi connectivity index (χ1v) is 24.0. The molecule has 3 N–H and O–H groups in total. The first-order chi connectivity index (χ1) is 26.5. The summed E-state index contributed by atoms with van der Waals surface area (Å²) in [5.74, 6) is -0.120. The summed E-state index contributed by atoms with van der Waals surface area (Å²) in [4.78, 5) is 24.4. The number of carbonyl (C=O) groups excluding carboxylic acids is 2. The second-order valence-corrected chi connectivity index (χ2v) is 16.5. The molecule has 320 valence electrons. The van der Waals surface area contributed by atoms with E-state index in [-0.39, 0.29) is 18.5 Å². The molecule has 54 heavy (non-hydrogen) atoms. The molecule has 0 fully saturated rings. The van der Waals surface area contributed by atoms with Gasteiger partial charge in [-0.1, -0.05) is 225 Å². The lowest BCUT2D eigenvalue weighted by Gasteiger charge is -2.20. The Kier molecular flexibility index (Phi) is 43.2. The number of aliphatic hydroxyl groups excluding tert-OH is 2. The van der Waals surface area contributed by atoms with Crippen LogP contribution in [0.4, 0.5) is 0 Å². The van der Waals surface area contributed by atoms with Crippen LogP contribution in [0.25, 0.3) is 0 Å². The van der Waals surface area contributed by atoms with E-state index in [9.17, 15) is 19.8 Å². The number of carbonyl (C=O) groups is 2. The fourth-order valence-electron chi connectivity index (χ4n) is 7.34. The third kappa shape index (κ3) is 40.3. The zero-order valence-corrected chi connectivity index (χ0v) is 36.2. The van der Waals surface area contributed by atoms with Gasteiger partial charge >= 0.3 is 5.97 Å². The predicted molar refractivity (Wildman–Crippen MR) is 232 cm³/mol. The van der Waals surface area contributed by atoms with E-state index >= 15 is 0 Å². The normalized spacial score (nSPS) is 12.7. The Balaban J connectivity index is 3.48. The van der Waals surface area contributed by atoms with Crippen LogP contribution in [-0.2, 0) is 14.3 Å². The maximum absolute atomic E-state index is 12.4. The Morgan fingerprint density at radius 3 is 1.26 bits per heavy atom. The number of nitrogens with one attached hydrogen (secondary N) is 1. The molecule has 0 saturated heterocycles. The van der Waals surface area contributed by atoms with Crippen LogP contribution in [0.5, 0.6) is 0 Å². The molecule has 2 unspecified atom stereocenters. The van der Waals surface area contributed by atoms with Gasteiger partial charge in [0.15, 0.2) is 0 Å². The van der Waals surface area contributed by atoms with E-state index < -0.39 is 12.1 Å². The van der Waals surface area contributed by atoms with Crippen molar-refractivity contribution in [2.24, 2.45) is 0 Å². The van der Waals surface area contributed by atoms with Gasteiger partial charge in [0.25, 0.3) is 0 Å². The molecule has 6 heteroatoms. The van der Waals surface area contributed by atoms with Crippen molar-refractivity contribution in [2.45, 2.75) is 270 Å². The number of rotatable bonds is 44. The van der Waals surface area contributed by atoms with Crippen LogP contribution in [-0.4, -0.2) is 47.4 Å². The third-order valence-corrected chi connectivity index (χ3v) is 11.1. The summed E-state index contributed by atoms with van der Waals surface area (Å²) in [7, 11) is 0. The molecule has 0 heterocycles. The van der Waals surface area contributed by atoms with Crippen molar-refractivity contribution in [3.63, 3.8) is 0 Å². The standard InChI is InChI=1S/C48H93NO5/c1-3-5-7-9-11-13-15-16-17-18-19-20-22-26-30-34-38-42-48(53)54-43-39-35-31-27-23-25-29-33-37-41-47(52)49-45(44-50)46(51)40-36-32-28-24-21-14-12-10-8-6-4-2/h36,40,45-46,50-51H,3-35,37-39,41-44H2,1-2H3,(H,49,52)/b40-36+. The molecule has 0 aromatic carbocycles. The van der Waals surface area contributed by atoms with Crippen molar-refractivity contribution in [1.29, 1.82) is 0 Å². The largest absolute Gasteiger partial charge is 0.466 e. The Morgan fingerprint density at radius 2 is 0.852 bits per heavy atom. The molecule has 0 aliphatic rings. The number of amides is 1. The number of aliphatic hydroxyl groups is 2. The summed E-state index contributed by atoms with van der Waals surface area (Å²) in [6.07, 6.45) is 49.2. The van der Waals surface area contributed by atoms with E-state index in [0.717, 1.165) is 57.8 Å². The van der Waals surface area contributed by atoms with Crippen molar-refractivity contribution >= 4 is 11.9 Å². The molecule has 0 aromatic heterocycles. The maximum Gasteiger partial charge on any atom is 0.305 e. The molecule has 0 bridgehead atoms. The average Bonchev–Trinajstić information content (AvgIpc) is 3.17. The number of hydrogen-bond donors (Lipinski definition) is 3. The minimum absolute atomic E-state index is 0.0240. The first-order valence-electron chi connectivity index (χ1n) is 24.0. The van der Waals surface area contributed by atoms with E-state index in [4.69, 9.17) is 4.74 Å². The van der Waals surface area contributed by atoms with E-state index in [2.05, 4.69) is 19.2 Å². The van der Waals surface area contributed by atoms with E-state index in [0.29, 0.717) is 19.4 Å². The lowest BCUT2D eigenvalue weighted by Crippen LogP contribution is -2.45. The summed E-state index contributed by atoms with van der Waals surface area (Å²) >= 11 is 0. The highest BCUT2D eigenvalue weighted by molar-refractivity contribution is 5.76. The zero-order valence-electron chi connectivity index (χ0n) is 36.2. The van der Waals surface area contributed by atoms with Gasteiger partial charge in [0, 0.05) is 12.8 Å². The van der Waals surface area contributed by atoms with Crippen LogP contribution in [0.3, 0.4) is 0 Å². The van der Waals surface area contributed by atoms with Crippen LogP contribution in [0.15, 0.2) is 12.2 Å². The number of ether oxygens (including phenoxy) is 1. The Bertz CT molecular complexity index is 802. The zero-order chi connectivity index (χ0) is 39.4. The number of allylic oxidation sites excluding steroid dienone is 1. The number of hydrogen-bond acceptors (Lipinski definition) is 5. The van der Waals surface area contributed by atoms with Crippen LogP contribution < -0.4 is 5.32 Å². The Hall–Kier alpha value is -1.40. The fraction of sp³-hybridized carbons (Fsp3) is 0.917. The molecule has 2 atom stereocenters. The SMILES string of the molecule is CCCCCCCCCCC/C=C/C(O)C(CO)NC(=O)CCCCCCCCCCCOC(=O)CCCCCCCCCCCCCCCCCCC. The van der Waals surface area contributed by atoms with Gasteiger partial charge in [-0.2, -0.15) is 0 Å². The van der Waals surface area contributed by atoms with Gasteiger partial charge in [-0.3, -0.25) is 9.59 Å². The summed E-state index contributed by atoms with van der Waals surface area (Å²) < 4.78 is 5.45. The molecule has 6 nitrogen and oxygen atoms in total. The molecule has 0 spiro atoms. The van der Waals surface area contributed by atoms with Gasteiger partial charge in [-0.05, 0) is 32.1 Å². The van der Waals surface area contributed by atoms with Crippen molar-refractivity contribution in [2.75, 3.05) is 13.2 Å². The topological polar surface area (TPSA) is 95.9 Å². The molecular formula is C48H93NO5. The molecule has 0 saturated carbocycles. The van der Waals surface area contributed by atoms with Crippen molar-refractivity contribution in [3.05, 3.63) is 12.2 Å². The smallest absolute Gasteiger partial charge is 0.305 e. The van der Waals surface area contributed by atoms with E-state index in [1.807, 2.05) is 6.08 Å². The molecule has 0 aliphatic carbocycles. The predicted octanol–water partition coefficient (Wildman–Crippen LogP) is 13.8. The fourth-order valence-corrected chi connectivity index (χ4v) is 7.34. The molecular weight excluding hydrogens is 671 g/mol. The van der Waals surface area contributed by atoms with Gasteiger partial charge in [-0.25, -0.2) is 0 Å². The molecule has 0 aliphatic heterocycles. The van der Waals surface area contributed by atoms with Crippen LogP contribution in [0.2, 0.25) is 0 Å². The highest BCUT2D eigenvalue weighted by Crippen LogP contribution is 2.16. The molecule has 1 amide bonds. The number of unbranched alkanes of at least 4 members (excludes halogenated alkanes) is 33. The van der Waals surface area contributed by atoms with Gasteiger partial charge in [0.05, 0.1) is 25.4 Å². The van der Waals surface area contributed by atoms with E-state index in [1.165, 1.54) is 173 Å². The quantitative estimate of drug-likeness (QED) is 0.0326. The van der Waals surface area contributed by atoms with Crippen molar-refractivity contribution < 1.29 is 24.5 Å². The van der Waals surface area contributed by atoms with Gasteiger partial charge < -0.3 is 20.3 Å². The second kappa shape index (κ2) is 44.3. The summed E-state index contributed by atoms with van der Waals surface area (Å²) in [5, 5.41) is 22.9. The van der Waals surface area contributed by atoms with Crippen LogP contribution >= 0.6 is 0 Å². The lowest BCUT2D eigenvalue weighted by atomic mass is 10.0. The highest BCUT2D eigenvalue weighted by atomic mass is 16.5. The van der Waals surface area contributed by atoms with Crippen LogP contribution in [0, 0.1) is 0 Å². The molecule has 0 rings (SSSR count). The third-order valence-electron chi connectivity index (χ3n) is 11.1. The Morgan fingerprint density at radius 1 is 0.500 bits per heavy atom. The molecule has 0 radical (unpaired) electrons. The van der Waals surface area contributed by atoms with E-state index in [1.54, 1.807) is 6.08 Å².